The Morgan fingerprint density at radius 2 is 2.30 bits per heavy atom. The first kappa shape index (κ1) is 13.0. The summed E-state index contributed by atoms with van der Waals surface area (Å²) in [6.45, 7) is 2.58. The van der Waals surface area contributed by atoms with Gasteiger partial charge in [0, 0.05) is 25.2 Å². The van der Waals surface area contributed by atoms with Crippen molar-refractivity contribution in [3.63, 3.8) is 0 Å². The largest absolute Gasteiger partial charge is 0.347 e. The van der Waals surface area contributed by atoms with E-state index in [0.717, 1.165) is 18.5 Å². The summed E-state index contributed by atoms with van der Waals surface area (Å²) in [5.74, 6) is -0.0317. The molecule has 0 bridgehead atoms. The van der Waals surface area contributed by atoms with Crippen molar-refractivity contribution in [2.75, 3.05) is 6.54 Å². The number of aryl methyl sites for hydroxylation is 1. The van der Waals surface area contributed by atoms with Crippen molar-refractivity contribution in [2.24, 2.45) is 0 Å². The molecule has 20 heavy (non-hydrogen) atoms. The highest BCUT2D eigenvalue weighted by molar-refractivity contribution is 5.95. The van der Waals surface area contributed by atoms with Gasteiger partial charge in [0.05, 0.1) is 17.3 Å². The third kappa shape index (κ3) is 2.50. The molecule has 0 spiro atoms. The van der Waals surface area contributed by atoms with E-state index < -0.39 is 0 Å². The van der Waals surface area contributed by atoms with Crippen LogP contribution in [0.15, 0.2) is 12.5 Å². The first-order valence-electron chi connectivity index (χ1n) is 7.08. The summed E-state index contributed by atoms with van der Waals surface area (Å²) in [5, 5.41) is 2.93. The molecule has 1 atom stereocenters. The first-order valence-corrected chi connectivity index (χ1v) is 7.08. The fourth-order valence-electron chi connectivity index (χ4n) is 2.66. The summed E-state index contributed by atoms with van der Waals surface area (Å²) in [6.07, 6.45) is 6.26. The molecular weight excluding hydrogens is 256 g/mol. The number of aromatic nitrogens is 2. The molecule has 1 aromatic rings. The van der Waals surface area contributed by atoms with Crippen LogP contribution < -0.4 is 5.32 Å². The van der Waals surface area contributed by atoms with Crippen molar-refractivity contribution in [2.45, 2.75) is 44.7 Å². The number of rotatable bonds is 4. The average Bonchev–Trinajstić information content (AvgIpc) is 3.23. The standard InChI is InChI=1S/C14H18N4O2/c1-2-12-11(6-15-8-16-12)14(20)17-9-5-13(19)18(7-9)10-3-4-10/h6,8-10H,2-5,7H2,1H3,(H,17,20). The molecule has 0 radical (unpaired) electrons. The Morgan fingerprint density at radius 3 is 3.00 bits per heavy atom. The minimum atomic E-state index is -0.183. The second kappa shape index (κ2) is 5.19. The maximum atomic E-state index is 12.3. The van der Waals surface area contributed by atoms with E-state index in [2.05, 4.69) is 15.3 Å². The van der Waals surface area contributed by atoms with Gasteiger partial charge in [0.15, 0.2) is 0 Å². The Labute approximate surface area is 117 Å². The van der Waals surface area contributed by atoms with Gasteiger partial charge >= 0.3 is 0 Å². The lowest BCUT2D eigenvalue weighted by Gasteiger charge is -2.16. The van der Waals surface area contributed by atoms with E-state index in [9.17, 15) is 9.59 Å². The topological polar surface area (TPSA) is 75.2 Å². The molecular formula is C14H18N4O2. The molecule has 106 valence electrons. The normalized spacial score (nSPS) is 22.1. The van der Waals surface area contributed by atoms with Gasteiger partial charge in [-0.15, -0.1) is 0 Å². The summed E-state index contributed by atoms with van der Waals surface area (Å²) >= 11 is 0. The average molecular weight is 274 g/mol. The second-order valence-corrected chi connectivity index (χ2v) is 5.39. The van der Waals surface area contributed by atoms with Crippen LogP contribution in [0.5, 0.6) is 0 Å². The maximum Gasteiger partial charge on any atom is 0.254 e. The lowest BCUT2D eigenvalue weighted by Crippen LogP contribution is -2.38. The second-order valence-electron chi connectivity index (χ2n) is 5.39. The number of likely N-dealkylation sites (tertiary alicyclic amines) is 1. The van der Waals surface area contributed by atoms with Crippen molar-refractivity contribution in [3.8, 4) is 0 Å². The molecule has 2 heterocycles. The number of hydrogen-bond acceptors (Lipinski definition) is 4. The van der Waals surface area contributed by atoms with Crippen molar-refractivity contribution in [1.29, 1.82) is 0 Å². The Morgan fingerprint density at radius 1 is 1.50 bits per heavy atom. The summed E-state index contributed by atoms with van der Waals surface area (Å²) in [4.78, 5) is 34.0. The zero-order valence-electron chi connectivity index (χ0n) is 11.5. The van der Waals surface area contributed by atoms with Gasteiger partial charge in [0.1, 0.15) is 6.33 Å². The third-order valence-electron chi connectivity index (χ3n) is 3.86. The van der Waals surface area contributed by atoms with Crippen LogP contribution in [-0.2, 0) is 11.2 Å². The molecule has 1 N–H and O–H groups in total. The van der Waals surface area contributed by atoms with Crippen molar-refractivity contribution in [1.82, 2.24) is 20.2 Å². The molecule has 2 aliphatic rings. The number of nitrogens with zero attached hydrogens (tertiary/aromatic N) is 3. The maximum absolute atomic E-state index is 12.3. The molecule has 1 unspecified atom stereocenters. The molecule has 2 amide bonds. The van der Waals surface area contributed by atoms with Gasteiger partial charge in [-0.05, 0) is 19.3 Å². The summed E-state index contributed by atoms with van der Waals surface area (Å²) in [6, 6.07) is 0.316. The predicted molar refractivity (Wildman–Crippen MR) is 72.0 cm³/mol. The lowest BCUT2D eigenvalue weighted by atomic mass is 10.1. The van der Waals surface area contributed by atoms with Crippen LogP contribution in [0.2, 0.25) is 0 Å². The predicted octanol–water partition coefficient (Wildman–Crippen LogP) is 0.532. The van der Waals surface area contributed by atoms with Gasteiger partial charge in [-0.1, -0.05) is 6.92 Å². The number of nitrogens with one attached hydrogen (secondary N) is 1. The lowest BCUT2D eigenvalue weighted by molar-refractivity contribution is -0.128. The minimum absolute atomic E-state index is 0.0967. The zero-order chi connectivity index (χ0) is 14.1. The van der Waals surface area contributed by atoms with Gasteiger partial charge in [0.2, 0.25) is 5.91 Å². The molecule has 1 aliphatic heterocycles. The van der Waals surface area contributed by atoms with Crippen LogP contribution in [-0.4, -0.2) is 45.3 Å². The van der Waals surface area contributed by atoms with Crippen LogP contribution in [0.4, 0.5) is 0 Å². The summed E-state index contributed by atoms with van der Waals surface area (Å²) < 4.78 is 0. The first-order chi connectivity index (χ1) is 9.69. The van der Waals surface area contributed by atoms with E-state index >= 15 is 0 Å². The van der Waals surface area contributed by atoms with Gasteiger partial charge in [-0.3, -0.25) is 9.59 Å². The fraction of sp³-hybridized carbons (Fsp3) is 0.571. The molecule has 0 aromatic carbocycles. The highest BCUT2D eigenvalue weighted by Crippen LogP contribution is 2.30. The van der Waals surface area contributed by atoms with Gasteiger partial charge in [-0.2, -0.15) is 0 Å². The van der Waals surface area contributed by atoms with Crippen LogP contribution in [0.3, 0.4) is 0 Å². The summed E-state index contributed by atoms with van der Waals surface area (Å²) in [7, 11) is 0. The highest BCUT2D eigenvalue weighted by Gasteiger charge is 2.39. The molecule has 3 rings (SSSR count). The van der Waals surface area contributed by atoms with E-state index in [-0.39, 0.29) is 17.9 Å². The number of amides is 2. The van der Waals surface area contributed by atoms with Gasteiger partial charge in [0.25, 0.3) is 5.91 Å². The Bertz CT molecular complexity index is 542. The zero-order valence-corrected chi connectivity index (χ0v) is 11.5. The Hall–Kier alpha value is -1.98. The van der Waals surface area contributed by atoms with Crippen LogP contribution >= 0.6 is 0 Å². The van der Waals surface area contributed by atoms with E-state index in [1.807, 2.05) is 11.8 Å². The quantitative estimate of drug-likeness (QED) is 0.869. The van der Waals surface area contributed by atoms with E-state index in [1.165, 1.54) is 12.5 Å². The fourth-order valence-corrected chi connectivity index (χ4v) is 2.66. The highest BCUT2D eigenvalue weighted by atomic mass is 16.2. The molecule has 1 saturated carbocycles. The third-order valence-corrected chi connectivity index (χ3v) is 3.86. The monoisotopic (exact) mass is 274 g/mol. The molecule has 6 nitrogen and oxygen atoms in total. The molecule has 1 aliphatic carbocycles. The molecule has 6 heteroatoms. The van der Waals surface area contributed by atoms with Gasteiger partial charge < -0.3 is 10.2 Å². The van der Waals surface area contributed by atoms with Crippen LogP contribution in [0.25, 0.3) is 0 Å². The molecule has 1 aromatic heterocycles. The van der Waals surface area contributed by atoms with Crippen molar-refractivity contribution in [3.05, 3.63) is 23.8 Å². The summed E-state index contributed by atoms with van der Waals surface area (Å²) in [5.41, 5.74) is 1.24. The Balaban J connectivity index is 1.66. The van der Waals surface area contributed by atoms with E-state index in [0.29, 0.717) is 31.0 Å². The Kier molecular flexibility index (Phi) is 3.38. The van der Waals surface area contributed by atoms with Crippen LogP contribution in [0.1, 0.15) is 42.2 Å². The number of carbonyl (C=O) groups excluding carboxylic acids is 2. The van der Waals surface area contributed by atoms with E-state index in [1.54, 1.807) is 0 Å². The van der Waals surface area contributed by atoms with Crippen molar-refractivity contribution < 1.29 is 9.59 Å². The van der Waals surface area contributed by atoms with Crippen LogP contribution in [0, 0.1) is 0 Å². The smallest absolute Gasteiger partial charge is 0.254 e. The number of hydrogen-bond donors (Lipinski definition) is 1. The minimum Gasteiger partial charge on any atom is -0.347 e. The molecule has 2 fully saturated rings. The van der Waals surface area contributed by atoms with Crippen molar-refractivity contribution >= 4 is 11.8 Å². The molecule has 1 saturated heterocycles. The SMILES string of the molecule is CCc1ncncc1C(=O)NC1CC(=O)N(C2CC2)C1. The van der Waals surface area contributed by atoms with Gasteiger partial charge in [-0.25, -0.2) is 9.97 Å². The van der Waals surface area contributed by atoms with E-state index in [4.69, 9.17) is 0 Å². The number of carbonyl (C=O) groups is 2.